The molecule has 0 aromatic rings. The first-order valence-corrected chi connectivity index (χ1v) is 12.3. The molecule has 0 rings (SSSR count). The number of esters is 1. The lowest BCUT2D eigenvalue weighted by atomic mass is 10.0. The second-order valence-corrected chi connectivity index (χ2v) is 8.81. The summed E-state index contributed by atoms with van der Waals surface area (Å²) in [6.07, 6.45) is 24.1. The van der Waals surface area contributed by atoms with Crippen LogP contribution in [0.2, 0.25) is 0 Å². The molecule has 2 heteroatoms. The van der Waals surface area contributed by atoms with Crippen molar-refractivity contribution in [2.24, 2.45) is 5.92 Å². The van der Waals surface area contributed by atoms with E-state index in [0.717, 1.165) is 18.8 Å². The van der Waals surface area contributed by atoms with Crippen molar-refractivity contribution in [2.45, 2.75) is 143 Å². The molecule has 0 unspecified atom stereocenters. The zero-order valence-electron chi connectivity index (χ0n) is 19.0. The minimum Gasteiger partial charge on any atom is -0.466 e. The minimum atomic E-state index is 0.0156. The van der Waals surface area contributed by atoms with Crippen LogP contribution in [0, 0.1) is 5.92 Å². The Labute approximate surface area is 171 Å². The summed E-state index contributed by atoms with van der Waals surface area (Å²) in [5, 5.41) is 0. The fourth-order valence-electron chi connectivity index (χ4n) is 3.55. The molecule has 0 bridgehead atoms. The van der Waals surface area contributed by atoms with Gasteiger partial charge in [-0.1, -0.05) is 124 Å². The summed E-state index contributed by atoms with van der Waals surface area (Å²) in [6.45, 7) is 7.49. The van der Waals surface area contributed by atoms with Gasteiger partial charge in [-0.2, -0.15) is 0 Å². The van der Waals surface area contributed by atoms with Crippen LogP contribution in [0.4, 0.5) is 0 Å². The third-order valence-electron chi connectivity index (χ3n) is 5.42. The topological polar surface area (TPSA) is 26.3 Å². The van der Waals surface area contributed by atoms with Crippen LogP contribution >= 0.6 is 0 Å². The zero-order valence-corrected chi connectivity index (χ0v) is 19.0. The summed E-state index contributed by atoms with van der Waals surface area (Å²) in [6, 6.07) is 0. The number of rotatable bonds is 21. The smallest absolute Gasteiger partial charge is 0.305 e. The monoisotopic (exact) mass is 382 g/mol. The number of unbranched alkanes of at least 4 members (excludes halogenated alkanes) is 15. The molecule has 0 radical (unpaired) electrons. The van der Waals surface area contributed by atoms with E-state index in [1.807, 2.05) is 0 Å². The first kappa shape index (κ1) is 26.5. The van der Waals surface area contributed by atoms with Crippen LogP contribution in [0.3, 0.4) is 0 Å². The second kappa shape index (κ2) is 21.8. The molecule has 27 heavy (non-hydrogen) atoms. The molecule has 162 valence electrons. The number of hydrogen-bond donors (Lipinski definition) is 0. The van der Waals surface area contributed by atoms with Gasteiger partial charge in [-0.3, -0.25) is 4.79 Å². The van der Waals surface area contributed by atoms with E-state index < -0.39 is 0 Å². The number of hydrogen-bond acceptors (Lipinski definition) is 2. The quantitative estimate of drug-likeness (QED) is 0.147. The van der Waals surface area contributed by atoms with E-state index in [2.05, 4.69) is 20.8 Å². The third-order valence-corrected chi connectivity index (χ3v) is 5.42. The van der Waals surface area contributed by atoms with Gasteiger partial charge < -0.3 is 4.74 Å². The first-order chi connectivity index (χ1) is 13.2. The van der Waals surface area contributed by atoms with Crippen molar-refractivity contribution in [1.82, 2.24) is 0 Å². The summed E-state index contributed by atoms with van der Waals surface area (Å²) in [4.78, 5) is 11.7. The van der Waals surface area contributed by atoms with Crippen molar-refractivity contribution >= 4 is 5.97 Å². The maximum Gasteiger partial charge on any atom is 0.305 e. The Bertz CT molecular complexity index is 299. The third kappa shape index (κ3) is 23.4. The molecule has 0 N–H and O–H groups in total. The summed E-state index contributed by atoms with van der Waals surface area (Å²) in [7, 11) is 0. The van der Waals surface area contributed by atoms with Crippen molar-refractivity contribution in [3.05, 3.63) is 0 Å². The summed E-state index contributed by atoms with van der Waals surface area (Å²) in [5.74, 6) is 0.849. The van der Waals surface area contributed by atoms with Gasteiger partial charge in [0.1, 0.15) is 0 Å². The van der Waals surface area contributed by atoms with Crippen molar-refractivity contribution in [3.8, 4) is 0 Å². The van der Waals surface area contributed by atoms with Gasteiger partial charge in [-0.05, 0) is 18.8 Å². The van der Waals surface area contributed by atoms with Crippen LogP contribution in [0.5, 0.6) is 0 Å². The van der Waals surface area contributed by atoms with E-state index in [-0.39, 0.29) is 5.97 Å². The Morgan fingerprint density at radius 2 is 1.07 bits per heavy atom. The van der Waals surface area contributed by atoms with Crippen LogP contribution < -0.4 is 0 Å². The van der Waals surface area contributed by atoms with Crippen molar-refractivity contribution in [1.29, 1.82) is 0 Å². The maximum atomic E-state index is 11.7. The Kier molecular flexibility index (Phi) is 21.3. The minimum absolute atomic E-state index is 0.0156. The van der Waals surface area contributed by atoms with Gasteiger partial charge in [-0.25, -0.2) is 0 Å². The molecule has 0 aromatic carbocycles. The lowest BCUT2D eigenvalue weighted by Gasteiger charge is -2.06. The van der Waals surface area contributed by atoms with Crippen molar-refractivity contribution < 1.29 is 9.53 Å². The molecule has 0 aliphatic rings. The Morgan fingerprint density at radius 3 is 1.59 bits per heavy atom. The van der Waals surface area contributed by atoms with E-state index in [1.165, 1.54) is 103 Å². The van der Waals surface area contributed by atoms with E-state index in [1.54, 1.807) is 0 Å². The van der Waals surface area contributed by atoms with Gasteiger partial charge in [0.2, 0.25) is 0 Å². The van der Waals surface area contributed by atoms with Crippen LogP contribution in [-0.4, -0.2) is 12.6 Å². The molecule has 0 amide bonds. The van der Waals surface area contributed by atoms with Gasteiger partial charge >= 0.3 is 5.97 Å². The molecule has 0 spiro atoms. The zero-order chi connectivity index (χ0) is 20.0. The molecule has 2 nitrogen and oxygen atoms in total. The van der Waals surface area contributed by atoms with Gasteiger partial charge in [0.15, 0.2) is 0 Å². The van der Waals surface area contributed by atoms with Crippen LogP contribution in [0.15, 0.2) is 0 Å². The maximum absolute atomic E-state index is 11.7. The van der Waals surface area contributed by atoms with Crippen molar-refractivity contribution in [3.63, 3.8) is 0 Å². The van der Waals surface area contributed by atoms with Gasteiger partial charge in [0, 0.05) is 6.42 Å². The molecule has 0 heterocycles. The molecular formula is C25H50O2. The molecular weight excluding hydrogens is 332 g/mol. The van der Waals surface area contributed by atoms with Gasteiger partial charge in [0.25, 0.3) is 0 Å². The van der Waals surface area contributed by atoms with Crippen LogP contribution in [-0.2, 0) is 9.53 Å². The molecule has 0 saturated carbocycles. The molecule has 0 aromatic heterocycles. The number of carbonyl (C=O) groups is 1. The molecule has 0 aliphatic heterocycles. The lowest BCUT2D eigenvalue weighted by Crippen LogP contribution is -2.05. The SMILES string of the molecule is CCCCCCCCCCCCCOC(=O)CCCCCCCCC(C)C. The second-order valence-electron chi connectivity index (χ2n) is 8.81. The van der Waals surface area contributed by atoms with E-state index >= 15 is 0 Å². The Hall–Kier alpha value is -0.530. The number of ether oxygens (including phenoxy) is 1. The largest absolute Gasteiger partial charge is 0.466 e. The summed E-state index contributed by atoms with van der Waals surface area (Å²) >= 11 is 0. The highest BCUT2D eigenvalue weighted by Gasteiger charge is 2.02. The average Bonchev–Trinajstić information content (AvgIpc) is 2.64. The predicted molar refractivity (Wildman–Crippen MR) is 119 cm³/mol. The van der Waals surface area contributed by atoms with Crippen LogP contribution in [0.1, 0.15) is 143 Å². The number of carbonyl (C=O) groups excluding carboxylic acids is 1. The Balaban J connectivity index is 3.15. The fraction of sp³-hybridized carbons (Fsp3) is 0.960. The summed E-state index contributed by atoms with van der Waals surface area (Å²) < 4.78 is 5.36. The van der Waals surface area contributed by atoms with Gasteiger partial charge in [0.05, 0.1) is 6.61 Å². The summed E-state index contributed by atoms with van der Waals surface area (Å²) in [5.41, 5.74) is 0. The van der Waals surface area contributed by atoms with Crippen LogP contribution in [0.25, 0.3) is 0 Å². The van der Waals surface area contributed by atoms with E-state index in [9.17, 15) is 4.79 Å². The highest BCUT2D eigenvalue weighted by Crippen LogP contribution is 2.13. The standard InChI is InChI=1S/C25H50O2/c1-4-5-6-7-8-9-10-11-14-17-20-23-27-25(26)22-19-16-13-12-15-18-21-24(2)3/h24H,4-23H2,1-3H3. The highest BCUT2D eigenvalue weighted by atomic mass is 16.5. The highest BCUT2D eigenvalue weighted by molar-refractivity contribution is 5.69. The first-order valence-electron chi connectivity index (χ1n) is 12.3. The van der Waals surface area contributed by atoms with E-state index in [4.69, 9.17) is 4.74 Å². The normalized spacial score (nSPS) is 11.3. The molecule has 0 atom stereocenters. The predicted octanol–water partition coefficient (Wildman–Crippen LogP) is 8.62. The lowest BCUT2D eigenvalue weighted by molar-refractivity contribution is -0.143. The fourth-order valence-corrected chi connectivity index (χ4v) is 3.55. The average molecular weight is 383 g/mol. The molecule has 0 fully saturated rings. The molecule has 0 aliphatic carbocycles. The molecule has 0 saturated heterocycles. The van der Waals surface area contributed by atoms with Crippen molar-refractivity contribution in [2.75, 3.05) is 6.61 Å². The van der Waals surface area contributed by atoms with E-state index in [0.29, 0.717) is 13.0 Å². The van der Waals surface area contributed by atoms with Gasteiger partial charge in [-0.15, -0.1) is 0 Å². The Morgan fingerprint density at radius 1 is 0.630 bits per heavy atom.